The standard InChI is InChI=1S/C17H22N4O4S/c1-13-3-5-14(6-4-13)26(24,25)21-11-9-20(10-12-21)17(23)15-7-8-16(22)19(2)18-15/h3-6H,7-12H2,1-2H3. The molecule has 0 bridgehead atoms. The molecule has 2 heterocycles. The van der Waals surface area contributed by atoms with E-state index < -0.39 is 10.0 Å². The van der Waals surface area contributed by atoms with Crippen LogP contribution in [0, 0.1) is 6.92 Å². The molecule has 0 saturated carbocycles. The molecule has 26 heavy (non-hydrogen) atoms. The number of nitrogens with zero attached hydrogens (tertiary/aromatic N) is 4. The molecule has 1 aromatic rings. The second-order valence-electron chi connectivity index (χ2n) is 6.47. The average Bonchev–Trinajstić information content (AvgIpc) is 2.64. The number of benzene rings is 1. The maximum absolute atomic E-state index is 12.7. The van der Waals surface area contributed by atoms with E-state index in [0.717, 1.165) is 5.56 Å². The number of carbonyl (C=O) groups excluding carboxylic acids is 2. The molecule has 9 heteroatoms. The van der Waals surface area contributed by atoms with E-state index in [0.29, 0.717) is 25.2 Å². The highest BCUT2D eigenvalue weighted by atomic mass is 32.2. The number of aryl methyl sites for hydroxylation is 1. The summed E-state index contributed by atoms with van der Waals surface area (Å²) in [5.74, 6) is -0.340. The summed E-state index contributed by atoms with van der Waals surface area (Å²) in [7, 11) is -2.03. The maximum atomic E-state index is 12.7. The van der Waals surface area contributed by atoms with Crippen molar-refractivity contribution in [2.75, 3.05) is 33.2 Å². The minimum absolute atomic E-state index is 0.115. The molecule has 2 aliphatic heterocycles. The molecule has 0 unspecified atom stereocenters. The molecule has 1 aromatic carbocycles. The lowest BCUT2D eigenvalue weighted by atomic mass is 10.1. The first-order valence-corrected chi connectivity index (χ1v) is 9.93. The third kappa shape index (κ3) is 3.63. The van der Waals surface area contributed by atoms with Crippen molar-refractivity contribution in [3.8, 4) is 0 Å². The Bertz CT molecular complexity index is 840. The second kappa shape index (κ2) is 7.16. The Morgan fingerprint density at radius 3 is 2.23 bits per heavy atom. The summed E-state index contributed by atoms with van der Waals surface area (Å²) < 4.78 is 26.8. The first-order chi connectivity index (χ1) is 12.3. The second-order valence-corrected chi connectivity index (χ2v) is 8.41. The largest absolute Gasteiger partial charge is 0.335 e. The molecular weight excluding hydrogens is 356 g/mol. The van der Waals surface area contributed by atoms with Gasteiger partial charge in [-0.25, -0.2) is 13.4 Å². The number of carbonyl (C=O) groups is 2. The van der Waals surface area contributed by atoms with Gasteiger partial charge >= 0.3 is 0 Å². The van der Waals surface area contributed by atoms with Crippen LogP contribution in [0.25, 0.3) is 0 Å². The van der Waals surface area contributed by atoms with E-state index in [2.05, 4.69) is 5.10 Å². The fourth-order valence-corrected chi connectivity index (χ4v) is 4.42. The zero-order valence-electron chi connectivity index (χ0n) is 14.9. The van der Waals surface area contributed by atoms with Crippen molar-refractivity contribution in [3.63, 3.8) is 0 Å². The summed E-state index contributed by atoms with van der Waals surface area (Å²) in [4.78, 5) is 25.9. The molecule has 2 aliphatic rings. The molecular formula is C17H22N4O4S. The summed E-state index contributed by atoms with van der Waals surface area (Å²) in [6.45, 7) is 3.00. The Morgan fingerprint density at radius 2 is 1.65 bits per heavy atom. The molecule has 8 nitrogen and oxygen atoms in total. The van der Waals surface area contributed by atoms with E-state index in [-0.39, 0.29) is 36.2 Å². The van der Waals surface area contributed by atoms with Crippen LogP contribution >= 0.6 is 0 Å². The number of hydrogen-bond acceptors (Lipinski definition) is 5. The Kier molecular flexibility index (Phi) is 5.10. The van der Waals surface area contributed by atoms with Gasteiger partial charge in [0, 0.05) is 46.1 Å². The van der Waals surface area contributed by atoms with E-state index in [4.69, 9.17) is 0 Å². The number of rotatable bonds is 3. The number of piperazine rings is 1. The van der Waals surface area contributed by atoms with Crippen molar-refractivity contribution < 1.29 is 18.0 Å². The van der Waals surface area contributed by atoms with Crippen molar-refractivity contribution in [1.29, 1.82) is 0 Å². The Morgan fingerprint density at radius 1 is 1.04 bits per heavy atom. The van der Waals surface area contributed by atoms with Crippen molar-refractivity contribution in [3.05, 3.63) is 29.8 Å². The zero-order valence-corrected chi connectivity index (χ0v) is 15.7. The summed E-state index contributed by atoms with van der Waals surface area (Å²) in [6, 6.07) is 6.74. The van der Waals surface area contributed by atoms with Crippen molar-refractivity contribution in [2.24, 2.45) is 5.10 Å². The maximum Gasteiger partial charge on any atom is 0.270 e. The third-order valence-electron chi connectivity index (χ3n) is 4.64. The summed E-state index contributed by atoms with van der Waals surface area (Å²) in [5.41, 5.74) is 1.35. The summed E-state index contributed by atoms with van der Waals surface area (Å²) in [5, 5.41) is 5.23. The summed E-state index contributed by atoms with van der Waals surface area (Å²) >= 11 is 0. The van der Waals surface area contributed by atoms with Crippen LogP contribution in [0.15, 0.2) is 34.3 Å². The Hall–Kier alpha value is -2.26. The molecule has 1 saturated heterocycles. The number of amides is 2. The van der Waals surface area contributed by atoms with Crippen LogP contribution in [0.4, 0.5) is 0 Å². The number of hydrogen-bond donors (Lipinski definition) is 0. The lowest BCUT2D eigenvalue weighted by Crippen LogP contribution is -2.52. The number of hydrazone groups is 1. The fourth-order valence-electron chi connectivity index (χ4n) is 3.00. The van der Waals surface area contributed by atoms with Gasteiger partial charge in [0.05, 0.1) is 4.90 Å². The molecule has 140 valence electrons. The van der Waals surface area contributed by atoms with Gasteiger partial charge < -0.3 is 4.90 Å². The lowest BCUT2D eigenvalue weighted by Gasteiger charge is -2.34. The van der Waals surface area contributed by atoms with Gasteiger partial charge in [0.15, 0.2) is 0 Å². The third-order valence-corrected chi connectivity index (χ3v) is 6.55. The van der Waals surface area contributed by atoms with E-state index in [1.165, 1.54) is 16.4 Å². The van der Waals surface area contributed by atoms with Gasteiger partial charge in [0.1, 0.15) is 5.71 Å². The van der Waals surface area contributed by atoms with Gasteiger partial charge in [-0.2, -0.15) is 9.41 Å². The van der Waals surface area contributed by atoms with Crippen LogP contribution in [-0.2, 0) is 19.6 Å². The lowest BCUT2D eigenvalue weighted by molar-refractivity contribution is -0.130. The van der Waals surface area contributed by atoms with Crippen molar-refractivity contribution in [1.82, 2.24) is 14.2 Å². The molecule has 0 N–H and O–H groups in total. The van der Waals surface area contributed by atoms with Gasteiger partial charge in [-0.3, -0.25) is 9.59 Å². The van der Waals surface area contributed by atoms with Gasteiger partial charge in [0.25, 0.3) is 5.91 Å². The van der Waals surface area contributed by atoms with Gasteiger partial charge in [-0.15, -0.1) is 0 Å². The van der Waals surface area contributed by atoms with Crippen molar-refractivity contribution in [2.45, 2.75) is 24.7 Å². The zero-order chi connectivity index (χ0) is 18.9. The molecule has 0 radical (unpaired) electrons. The molecule has 3 rings (SSSR count). The first-order valence-electron chi connectivity index (χ1n) is 8.49. The monoisotopic (exact) mass is 378 g/mol. The van der Waals surface area contributed by atoms with Crippen LogP contribution in [0.2, 0.25) is 0 Å². The van der Waals surface area contributed by atoms with Crippen LogP contribution in [0.1, 0.15) is 18.4 Å². The Labute approximate surface area is 153 Å². The van der Waals surface area contributed by atoms with Gasteiger partial charge in [-0.1, -0.05) is 17.7 Å². The molecule has 0 spiro atoms. The highest BCUT2D eigenvalue weighted by Crippen LogP contribution is 2.19. The van der Waals surface area contributed by atoms with Crippen LogP contribution < -0.4 is 0 Å². The normalized spacial score (nSPS) is 19.5. The molecule has 0 atom stereocenters. The smallest absolute Gasteiger partial charge is 0.270 e. The van der Waals surface area contributed by atoms with Crippen LogP contribution in [0.5, 0.6) is 0 Å². The predicted molar refractivity (Wildman–Crippen MR) is 96.0 cm³/mol. The first kappa shape index (κ1) is 18.5. The molecule has 2 amide bonds. The van der Waals surface area contributed by atoms with E-state index in [1.807, 2.05) is 6.92 Å². The van der Waals surface area contributed by atoms with E-state index in [9.17, 15) is 18.0 Å². The van der Waals surface area contributed by atoms with Crippen LogP contribution in [-0.4, -0.2) is 73.4 Å². The molecule has 0 aromatic heterocycles. The van der Waals surface area contributed by atoms with Crippen LogP contribution in [0.3, 0.4) is 0 Å². The van der Waals surface area contributed by atoms with E-state index in [1.54, 1.807) is 29.2 Å². The SMILES string of the molecule is Cc1ccc(S(=O)(=O)N2CCN(C(=O)C3=NN(C)C(=O)CC3)CC2)cc1. The topological polar surface area (TPSA) is 90.4 Å². The van der Waals surface area contributed by atoms with Gasteiger partial charge in [0.2, 0.25) is 15.9 Å². The minimum atomic E-state index is -3.56. The molecule has 0 aliphatic carbocycles. The average molecular weight is 378 g/mol. The van der Waals surface area contributed by atoms with E-state index >= 15 is 0 Å². The van der Waals surface area contributed by atoms with Crippen molar-refractivity contribution >= 4 is 27.5 Å². The highest BCUT2D eigenvalue weighted by molar-refractivity contribution is 7.89. The minimum Gasteiger partial charge on any atom is -0.335 e. The predicted octanol–water partition coefficient (Wildman–Crippen LogP) is 0.436. The number of sulfonamides is 1. The fraction of sp³-hybridized carbons (Fsp3) is 0.471. The quantitative estimate of drug-likeness (QED) is 0.763. The van der Waals surface area contributed by atoms with Gasteiger partial charge in [-0.05, 0) is 19.1 Å². The highest BCUT2D eigenvalue weighted by Gasteiger charge is 2.32. The summed E-state index contributed by atoms with van der Waals surface area (Å²) in [6.07, 6.45) is 0.590. The Balaban J connectivity index is 1.65. The molecule has 1 fully saturated rings.